The molecule has 156 valence electrons. The summed E-state index contributed by atoms with van der Waals surface area (Å²) in [5.74, 6) is -2.43. The number of hydrogen-bond acceptors (Lipinski definition) is 5. The summed E-state index contributed by atoms with van der Waals surface area (Å²) >= 11 is 0. The second-order valence-corrected chi connectivity index (χ2v) is 7.23. The van der Waals surface area contributed by atoms with Crippen LogP contribution in [0.1, 0.15) is 46.0 Å². The Morgan fingerprint density at radius 3 is 2.43 bits per heavy atom. The van der Waals surface area contributed by atoms with Gasteiger partial charge in [-0.3, -0.25) is 29.6 Å². The third kappa shape index (κ3) is 4.74. The lowest BCUT2D eigenvalue weighted by Crippen LogP contribution is -2.43. The molecule has 0 radical (unpaired) electrons. The number of aryl methyl sites for hydroxylation is 1. The quantitative estimate of drug-likeness (QED) is 0.562. The summed E-state index contributed by atoms with van der Waals surface area (Å²) in [7, 11) is 0. The van der Waals surface area contributed by atoms with E-state index < -0.39 is 23.9 Å². The summed E-state index contributed by atoms with van der Waals surface area (Å²) in [6.07, 6.45) is -0.665. The normalized spacial score (nSPS) is 16.8. The molecule has 1 fully saturated rings. The van der Waals surface area contributed by atoms with E-state index >= 15 is 0 Å². The van der Waals surface area contributed by atoms with Crippen molar-refractivity contribution in [3.05, 3.63) is 71.3 Å². The number of ketones is 1. The van der Waals surface area contributed by atoms with E-state index in [1.165, 1.54) is 0 Å². The number of ether oxygens (including phenoxy) is 1. The fourth-order valence-corrected chi connectivity index (χ4v) is 3.33. The lowest BCUT2D eigenvalue weighted by molar-refractivity contribution is -0.151. The first-order valence-electron chi connectivity index (χ1n) is 9.87. The van der Waals surface area contributed by atoms with Gasteiger partial charge in [0.25, 0.3) is 5.91 Å². The van der Waals surface area contributed by atoms with Gasteiger partial charge in [-0.05, 0) is 25.0 Å². The number of Topliss-reactive ketones (excluding diaryl/α,β-unsaturated/α-hetero) is 1. The number of nitrogens with one attached hydrogen (secondary N) is 1. The Morgan fingerprint density at radius 2 is 1.77 bits per heavy atom. The Morgan fingerprint density at radius 1 is 1.10 bits per heavy atom. The highest BCUT2D eigenvalue weighted by atomic mass is 16.5. The van der Waals surface area contributed by atoms with Crippen LogP contribution in [0.2, 0.25) is 0 Å². The first-order chi connectivity index (χ1) is 14.4. The van der Waals surface area contributed by atoms with Crippen molar-refractivity contribution in [2.45, 2.75) is 32.8 Å². The number of benzene rings is 2. The van der Waals surface area contributed by atoms with E-state index in [0.29, 0.717) is 17.5 Å². The molecule has 0 aliphatic carbocycles. The zero-order valence-electron chi connectivity index (χ0n) is 17.0. The van der Waals surface area contributed by atoms with Gasteiger partial charge in [0.15, 0.2) is 6.10 Å². The minimum absolute atomic E-state index is 0.00521. The number of hydrogen-bond donors (Lipinski definition) is 1. The molecule has 1 aliphatic heterocycles. The third-order valence-corrected chi connectivity index (χ3v) is 5.06. The van der Waals surface area contributed by atoms with Crippen molar-refractivity contribution in [1.29, 1.82) is 0 Å². The van der Waals surface area contributed by atoms with Crippen molar-refractivity contribution in [1.82, 2.24) is 10.4 Å². The fourth-order valence-electron chi connectivity index (χ4n) is 3.33. The summed E-state index contributed by atoms with van der Waals surface area (Å²) in [4.78, 5) is 49.9. The van der Waals surface area contributed by atoms with Crippen LogP contribution in [0, 0.1) is 12.8 Å². The molecule has 30 heavy (non-hydrogen) atoms. The largest absolute Gasteiger partial charge is 0.454 e. The van der Waals surface area contributed by atoms with Gasteiger partial charge >= 0.3 is 5.97 Å². The number of nitrogens with zero attached hydrogens (tertiary/aromatic N) is 1. The topological polar surface area (TPSA) is 92.8 Å². The molecule has 1 aliphatic rings. The Labute approximate surface area is 175 Å². The van der Waals surface area contributed by atoms with Crippen molar-refractivity contribution < 1.29 is 23.9 Å². The zero-order valence-corrected chi connectivity index (χ0v) is 17.0. The Bertz CT molecular complexity index is 957. The maximum absolute atomic E-state index is 12.6. The molecule has 0 bridgehead atoms. The van der Waals surface area contributed by atoms with Crippen LogP contribution in [0.4, 0.5) is 0 Å². The van der Waals surface area contributed by atoms with Gasteiger partial charge in [0.05, 0.1) is 12.5 Å². The molecule has 0 unspecified atom stereocenters. The fraction of sp³-hybridized carbons (Fsp3) is 0.304. The van der Waals surface area contributed by atoms with Crippen LogP contribution in [-0.2, 0) is 14.3 Å². The zero-order chi connectivity index (χ0) is 21.7. The number of esters is 1. The van der Waals surface area contributed by atoms with Gasteiger partial charge in [-0.25, -0.2) is 0 Å². The van der Waals surface area contributed by atoms with Crippen LogP contribution in [0.15, 0.2) is 54.6 Å². The maximum Gasteiger partial charge on any atom is 0.312 e. The molecule has 3 rings (SSSR count). The van der Waals surface area contributed by atoms with Crippen LogP contribution in [0.5, 0.6) is 0 Å². The number of carbonyl (C=O) groups is 4. The minimum atomic E-state index is -0.911. The van der Waals surface area contributed by atoms with Crippen LogP contribution in [-0.4, -0.2) is 41.2 Å². The molecular formula is C23H24N2O5. The van der Waals surface area contributed by atoms with Gasteiger partial charge in [-0.1, -0.05) is 55.5 Å². The molecule has 0 aromatic heterocycles. The van der Waals surface area contributed by atoms with Crippen molar-refractivity contribution in [2.75, 3.05) is 6.54 Å². The van der Waals surface area contributed by atoms with Gasteiger partial charge < -0.3 is 4.74 Å². The van der Waals surface area contributed by atoms with Crippen molar-refractivity contribution in [3.63, 3.8) is 0 Å². The Hall–Kier alpha value is -3.48. The van der Waals surface area contributed by atoms with E-state index in [1.54, 1.807) is 62.4 Å². The number of rotatable bonds is 7. The number of carbonyl (C=O) groups excluding carboxylic acids is 4. The van der Waals surface area contributed by atoms with Gasteiger partial charge in [-0.2, -0.15) is 0 Å². The maximum atomic E-state index is 12.6. The number of hydrazine groups is 1. The van der Waals surface area contributed by atoms with Gasteiger partial charge in [0.1, 0.15) is 0 Å². The summed E-state index contributed by atoms with van der Waals surface area (Å²) < 4.78 is 5.43. The molecule has 7 heteroatoms. The van der Waals surface area contributed by atoms with Crippen molar-refractivity contribution in [2.24, 2.45) is 5.92 Å². The number of amides is 2. The third-order valence-electron chi connectivity index (χ3n) is 5.06. The predicted molar refractivity (Wildman–Crippen MR) is 109 cm³/mol. The molecule has 2 atom stereocenters. The van der Waals surface area contributed by atoms with Crippen molar-refractivity contribution in [3.8, 4) is 0 Å². The summed E-state index contributed by atoms with van der Waals surface area (Å²) in [5, 5.41) is 1.14. The van der Waals surface area contributed by atoms with E-state index in [4.69, 9.17) is 4.74 Å². The molecule has 7 nitrogen and oxygen atoms in total. The van der Waals surface area contributed by atoms with Crippen LogP contribution in [0.3, 0.4) is 0 Å². The van der Waals surface area contributed by atoms with Crippen LogP contribution >= 0.6 is 0 Å². The average molecular weight is 408 g/mol. The monoisotopic (exact) mass is 408 g/mol. The highest BCUT2D eigenvalue weighted by Gasteiger charge is 2.38. The molecule has 0 saturated carbocycles. The first kappa shape index (κ1) is 21.2. The summed E-state index contributed by atoms with van der Waals surface area (Å²) in [6.45, 7) is 3.56. The molecule has 2 amide bonds. The molecule has 1 N–H and O–H groups in total. The summed E-state index contributed by atoms with van der Waals surface area (Å²) in [5.41, 5.74) is 4.26. The molecule has 1 saturated heterocycles. The Kier molecular flexibility index (Phi) is 6.61. The van der Waals surface area contributed by atoms with Gasteiger partial charge in [0.2, 0.25) is 11.7 Å². The van der Waals surface area contributed by atoms with E-state index in [0.717, 1.165) is 10.6 Å². The Balaban J connectivity index is 1.61. The molecule has 1 heterocycles. The van der Waals surface area contributed by atoms with E-state index in [2.05, 4.69) is 5.43 Å². The van der Waals surface area contributed by atoms with Gasteiger partial charge in [-0.15, -0.1) is 0 Å². The van der Waals surface area contributed by atoms with Crippen molar-refractivity contribution >= 4 is 23.6 Å². The SMILES string of the molecule is CC[C@@H](OC(=O)[C@@H]1CC(=O)N(NC(=O)c2ccccc2C)C1)C(=O)c1ccccc1. The van der Waals surface area contributed by atoms with E-state index in [9.17, 15) is 19.2 Å². The first-order valence-corrected chi connectivity index (χ1v) is 9.87. The minimum Gasteiger partial charge on any atom is -0.454 e. The lowest BCUT2D eigenvalue weighted by atomic mass is 10.0. The second kappa shape index (κ2) is 9.35. The molecular weight excluding hydrogens is 384 g/mol. The predicted octanol–water partition coefficient (Wildman–Crippen LogP) is 2.69. The molecule has 2 aromatic carbocycles. The smallest absolute Gasteiger partial charge is 0.312 e. The summed E-state index contributed by atoms with van der Waals surface area (Å²) in [6, 6.07) is 15.6. The van der Waals surface area contributed by atoms with Crippen LogP contribution in [0.25, 0.3) is 0 Å². The van der Waals surface area contributed by atoms with E-state index in [-0.39, 0.29) is 24.7 Å². The second-order valence-electron chi connectivity index (χ2n) is 7.23. The van der Waals surface area contributed by atoms with Crippen LogP contribution < -0.4 is 5.43 Å². The van der Waals surface area contributed by atoms with Gasteiger partial charge in [0, 0.05) is 17.5 Å². The van der Waals surface area contributed by atoms with E-state index in [1.807, 2.05) is 6.07 Å². The lowest BCUT2D eigenvalue weighted by Gasteiger charge is -2.19. The standard InChI is InChI=1S/C23H24N2O5/c1-3-19(21(27)16-10-5-4-6-11-16)30-23(29)17-13-20(26)25(14-17)24-22(28)18-12-8-7-9-15(18)2/h4-12,17,19H,3,13-14H2,1-2H3,(H,24,28)/t17-,19-/m1/s1. The average Bonchev–Trinajstić information content (AvgIpc) is 3.12. The highest BCUT2D eigenvalue weighted by molar-refractivity contribution is 6.01. The highest BCUT2D eigenvalue weighted by Crippen LogP contribution is 2.20. The molecule has 2 aromatic rings. The molecule has 0 spiro atoms.